The van der Waals surface area contributed by atoms with Crippen molar-refractivity contribution in [1.82, 2.24) is 19.4 Å². The first-order chi connectivity index (χ1) is 11.0. The zero-order valence-corrected chi connectivity index (χ0v) is 12.1. The largest absolute Gasteiger partial charge is 0.334 e. The highest BCUT2D eigenvalue weighted by molar-refractivity contribution is 6.44. The number of urea groups is 1. The molecule has 1 aliphatic rings. The molecule has 4 amide bonds. The summed E-state index contributed by atoms with van der Waals surface area (Å²) >= 11 is 0. The van der Waals surface area contributed by atoms with Gasteiger partial charge in [0.15, 0.2) is 0 Å². The molecular formula is C14H12F2N4O3. The van der Waals surface area contributed by atoms with Crippen LogP contribution in [0.4, 0.5) is 13.6 Å². The summed E-state index contributed by atoms with van der Waals surface area (Å²) in [6.07, 6.45) is 0. The SMILES string of the molecule is CCN1C(=O)C(=O)N(Cc2nc3ccccc3n2C(F)F)C1=O. The van der Waals surface area contributed by atoms with Crippen molar-refractivity contribution >= 4 is 28.9 Å². The van der Waals surface area contributed by atoms with E-state index in [0.717, 1.165) is 4.90 Å². The first kappa shape index (κ1) is 15.1. The molecular weight excluding hydrogens is 310 g/mol. The van der Waals surface area contributed by atoms with Crippen LogP contribution in [0.2, 0.25) is 0 Å². The molecule has 120 valence electrons. The van der Waals surface area contributed by atoms with E-state index < -0.39 is 30.9 Å². The summed E-state index contributed by atoms with van der Waals surface area (Å²) in [4.78, 5) is 41.0. The first-order valence-electron chi connectivity index (χ1n) is 6.87. The monoisotopic (exact) mass is 322 g/mol. The number of nitrogens with zero attached hydrogens (tertiary/aromatic N) is 4. The smallest absolute Gasteiger partial charge is 0.269 e. The molecule has 0 spiro atoms. The second-order valence-electron chi connectivity index (χ2n) is 4.89. The number of hydrogen-bond acceptors (Lipinski definition) is 4. The van der Waals surface area contributed by atoms with E-state index in [1.54, 1.807) is 25.1 Å². The number of amides is 4. The third-order valence-electron chi connectivity index (χ3n) is 3.61. The topological polar surface area (TPSA) is 75.5 Å². The molecule has 2 aromatic rings. The minimum atomic E-state index is -2.89. The molecule has 3 rings (SSSR count). The second-order valence-corrected chi connectivity index (χ2v) is 4.89. The van der Waals surface area contributed by atoms with Gasteiger partial charge in [0.2, 0.25) is 0 Å². The van der Waals surface area contributed by atoms with E-state index in [-0.39, 0.29) is 17.9 Å². The molecule has 1 aromatic carbocycles. The van der Waals surface area contributed by atoms with Gasteiger partial charge in [-0.1, -0.05) is 12.1 Å². The van der Waals surface area contributed by atoms with Crippen molar-refractivity contribution in [3.8, 4) is 0 Å². The molecule has 1 aromatic heterocycles. The van der Waals surface area contributed by atoms with E-state index in [1.165, 1.54) is 6.07 Å². The number of benzene rings is 1. The lowest BCUT2D eigenvalue weighted by molar-refractivity contribution is -0.143. The van der Waals surface area contributed by atoms with Gasteiger partial charge in [0.25, 0.3) is 0 Å². The highest BCUT2D eigenvalue weighted by Crippen LogP contribution is 2.25. The number of carbonyl (C=O) groups is 3. The van der Waals surface area contributed by atoms with E-state index in [2.05, 4.69) is 4.98 Å². The number of imidazole rings is 1. The number of halogens is 2. The van der Waals surface area contributed by atoms with Crippen molar-refractivity contribution in [3.63, 3.8) is 0 Å². The molecule has 0 atom stereocenters. The Hall–Kier alpha value is -2.84. The number of carbonyl (C=O) groups excluding carboxylic acids is 3. The number of aromatic nitrogens is 2. The van der Waals surface area contributed by atoms with Crippen LogP contribution in [0.25, 0.3) is 11.0 Å². The van der Waals surface area contributed by atoms with Gasteiger partial charge in [-0.2, -0.15) is 8.78 Å². The Kier molecular flexibility index (Phi) is 3.55. The summed E-state index contributed by atoms with van der Waals surface area (Å²) in [6.45, 7) is -1.80. The molecule has 0 radical (unpaired) electrons. The summed E-state index contributed by atoms with van der Waals surface area (Å²) in [5.41, 5.74) is 0.510. The van der Waals surface area contributed by atoms with Crippen LogP contribution in [0.5, 0.6) is 0 Å². The van der Waals surface area contributed by atoms with Crippen molar-refractivity contribution in [3.05, 3.63) is 30.1 Å². The summed E-state index contributed by atoms with van der Waals surface area (Å²) in [5.74, 6) is -2.16. The van der Waals surface area contributed by atoms with Crippen molar-refractivity contribution in [1.29, 1.82) is 0 Å². The van der Waals surface area contributed by atoms with Crippen molar-refractivity contribution in [2.24, 2.45) is 0 Å². The molecule has 0 saturated carbocycles. The maximum atomic E-state index is 13.3. The van der Waals surface area contributed by atoms with Crippen LogP contribution < -0.4 is 0 Å². The van der Waals surface area contributed by atoms with Gasteiger partial charge in [-0.15, -0.1) is 0 Å². The lowest BCUT2D eigenvalue weighted by Gasteiger charge is -2.15. The molecule has 1 fully saturated rings. The van der Waals surface area contributed by atoms with Crippen LogP contribution in [0.15, 0.2) is 24.3 Å². The molecule has 0 N–H and O–H groups in total. The van der Waals surface area contributed by atoms with Crippen LogP contribution >= 0.6 is 0 Å². The fourth-order valence-electron chi connectivity index (χ4n) is 2.53. The van der Waals surface area contributed by atoms with Gasteiger partial charge >= 0.3 is 24.4 Å². The van der Waals surface area contributed by atoms with Gasteiger partial charge in [-0.05, 0) is 19.1 Å². The molecule has 7 nitrogen and oxygen atoms in total. The van der Waals surface area contributed by atoms with Crippen LogP contribution in [0.3, 0.4) is 0 Å². The normalized spacial score (nSPS) is 15.6. The lowest BCUT2D eigenvalue weighted by Crippen LogP contribution is -2.33. The Balaban J connectivity index is 2.02. The average molecular weight is 322 g/mol. The van der Waals surface area contributed by atoms with Gasteiger partial charge < -0.3 is 0 Å². The Bertz CT molecular complexity index is 817. The van der Waals surface area contributed by atoms with Crippen molar-refractivity contribution < 1.29 is 23.2 Å². The first-order valence-corrected chi connectivity index (χ1v) is 6.87. The number of imide groups is 2. The third kappa shape index (κ3) is 2.24. The third-order valence-corrected chi connectivity index (χ3v) is 3.61. The lowest BCUT2D eigenvalue weighted by atomic mass is 10.3. The number of rotatable bonds is 4. The summed E-state index contributed by atoms with van der Waals surface area (Å²) < 4.78 is 27.3. The van der Waals surface area contributed by atoms with E-state index in [9.17, 15) is 23.2 Å². The van der Waals surface area contributed by atoms with Crippen molar-refractivity contribution in [2.75, 3.05) is 6.54 Å². The standard InChI is InChI=1S/C14H12F2N4O3/c1-2-18-11(21)12(22)19(14(18)23)7-10-17-8-5-3-4-6-9(8)20(10)13(15)16/h3-6,13H,2,7H2,1H3. The fourth-order valence-corrected chi connectivity index (χ4v) is 2.53. The molecule has 9 heteroatoms. The van der Waals surface area contributed by atoms with Gasteiger partial charge in [-0.25, -0.2) is 14.7 Å². The van der Waals surface area contributed by atoms with E-state index in [1.807, 2.05) is 0 Å². The van der Waals surface area contributed by atoms with E-state index in [0.29, 0.717) is 15.0 Å². The number of hydrogen-bond donors (Lipinski definition) is 0. The minimum Gasteiger partial charge on any atom is -0.269 e. The van der Waals surface area contributed by atoms with Crippen molar-refractivity contribution in [2.45, 2.75) is 20.0 Å². The molecule has 0 unspecified atom stereocenters. The zero-order chi connectivity index (χ0) is 16.7. The second kappa shape index (κ2) is 5.41. The highest BCUT2D eigenvalue weighted by atomic mass is 19.3. The van der Waals surface area contributed by atoms with Gasteiger partial charge in [0.1, 0.15) is 5.82 Å². The predicted molar refractivity (Wildman–Crippen MR) is 74.3 cm³/mol. The molecule has 1 saturated heterocycles. The van der Waals surface area contributed by atoms with Gasteiger partial charge in [0, 0.05) is 6.54 Å². The predicted octanol–water partition coefficient (Wildman–Crippen LogP) is 1.74. The molecule has 0 aliphatic carbocycles. The average Bonchev–Trinajstić information content (AvgIpc) is 2.98. The summed E-state index contributed by atoms with van der Waals surface area (Å²) in [5, 5.41) is 0. The fraction of sp³-hybridized carbons (Fsp3) is 0.286. The Labute approximate surface area is 129 Å². The summed E-state index contributed by atoms with van der Waals surface area (Å²) in [7, 11) is 0. The number of para-hydroxylation sites is 2. The van der Waals surface area contributed by atoms with Gasteiger partial charge in [0.05, 0.1) is 17.6 Å². The van der Waals surface area contributed by atoms with Crippen LogP contribution in [-0.4, -0.2) is 43.7 Å². The highest BCUT2D eigenvalue weighted by Gasteiger charge is 2.44. The maximum absolute atomic E-state index is 13.3. The van der Waals surface area contributed by atoms with Crippen LogP contribution in [-0.2, 0) is 16.1 Å². The quantitative estimate of drug-likeness (QED) is 0.635. The maximum Gasteiger partial charge on any atom is 0.334 e. The zero-order valence-electron chi connectivity index (χ0n) is 12.1. The van der Waals surface area contributed by atoms with Gasteiger partial charge in [-0.3, -0.25) is 19.1 Å². The van der Waals surface area contributed by atoms with Crippen LogP contribution in [0, 0.1) is 0 Å². The van der Waals surface area contributed by atoms with Crippen LogP contribution in [0.1, 0.15) is 19.3 Å². The minimum absolute atomic E-state index is 0.0329. The number of fused-ring (bicyclic) bond motifs is 1. The number of likely N-dealkylation sites (N-methyl/N-ethyl adjacent to an activating group) is 1. The Morgan fingerprint density at radius 3 is 2.35 bits per heavy atom. The van der Waals surface area contributed by atoms with E-state index >= 15 is 0 Å². The Morgan fingerprint density at radius 1 is 1.09 bits per heavy atom. The summed E-state index contributed by atoms with van der Waals surface area (Å²) in [6, 6.07) is 5.42. The molecule has 1 aliphatic heterocycles. The number of alkyl halides is 2. The molecule has 0 bridgehead atoms. The molecule has 23 heavy (non-hydrogen) atoms. The Morgan fingerprint density at radius 2 is 1.74 bits per heavy atom. The van der Waals surface area contributed by atoms with E-state index in [4.69, 9.17) is 0 Å². The molecule has 2 heterocycles.